The van der Waals surface area contributed by atoms with Crippen LogP contribution in [0.1, 0.15) is 32.6 Å². The molecule has 0 aromatic rings. The number of hydrogen-bond acceptors (Lipinski definition) is 0. The first-order valence-corrected chi connectivity index (χ1v) is 3.47. The molecule has 2 atom stereocenters. The van der Waals surface area contributed by atoms with Crippen LogP contribution in [0.5, 0.6) is 0 Å². The van der Waals surface area contributed by atoms with Gasteiger partial charge in [0.05, 0.1) is 0 Å². The van der Waals surface area contributed by atoms with Crippen molar-refractivity contribution < 1.29 is 4.39 Å². The summed E-state index contributed by atoms with van der Waals surface area (Å²) < 4.78 is 12.4. The molecule has 0 heterocycles. The van der Waals surface area contributed by atoms with Gasteiger partial charge >= 0.3 is 0 Å². The van der Waals surface area contributed by atoms with Crippen molar-refractivity contribution in [3.8, 4) is 0 Å². The van der Waals surface area contributed by atoms with Crippen LogP contribution in [0.3, 0.4) is 0 Å². The smallest absolute Gasteiger partial charge is 0.100 e. The molecular weight excluding hydrogens is 103 g/mol. The number of halogens is 1. The highest BCUT2D eigenvalue weighted by molar-refractivity contribution is 4.73. The second-order valence-corrected chi connectivity index (χ2v) is 2.68. The van der Waals surface area contributed by atoms with Crippen molar-refractivity contribution in [3.63, 3.8) is 0 Å². The molecule has 0 amide bonds. The first-order valence-electron chi connectivity index (χ1n) is 3.47. The quantitative estimate of drug-likeness (QED) is 0.494. The van der Waals surface area contributed by atoms with Crippen LogP contribution in [0, 0.1) is 5.92 Å². The standard InChI is InChI=1S/C7H13F/c1-2-6-3-4-7(8)5-6/h6-7H,2-5H2,1H3. The summed E-state index contributed by atoms with van der Waals surface area (Å²) in [5.41, 5.74) is 0. The first-order chi connectivity index (χ1) is 3.83. The highest BCUT2D eigenvalue weighted by Gasteiger charge is 2.21. The van der Waals surface area contributed by atoms with Crippen LogP contribution in [0.2, 0.25) is 0 Å². The van der Waals surface area contributed by atoms with Crippen LogP contribution >= 0.6 is 0 Å². The van der Waals surface area contributed by atoms with E-state index in [1.54, 1.807) is 0 Å². The molecule has 48 valence electrons. The van der Waals surface area contributed by atoms with E-state index < -0.39 is 6.17 Å². The van der Waals surface area contributed by atoms with Gasteiger partial charge in [0.1, 0.15) is 6.17 Å². The van der Waals surface area contributed by atoms with E-state index in [0.717, 1.165) is 19.3 Å². The summed E-state index contributed by atoms with van der Waals surface area (Å²) >= 11 is 0. The molecule has 0 N–H and O–H groups in total. The largest absolute Gasteiger partial charge is 0.247 e. The molecule has 0 aromatic carbocycles. The lowest BCUT2D eigenvalue weighted by Crippen LogP contribution is -1.92. The summed E-state index contributed by atoms with van der Waals surface area (Å²) in [6.07, 6.45) is 3.47. The van der Waals surface area contributed by atoms with Gasteiger partial charge in [-0.15, -0.1) is 0 Å². The van der Waals surface area contributed by atoms with E-state index in [4.69, 9.17) is 0 Å². The van der Waals surface area contributed by atoms with E-state index in [1.165, 1.54) is 6.42 Å². The molecule has 0 nitrogen and oxygen atoms in total. The van der Waals surface area contributed by atoms with Gasteiger partial charge in [-0.3, -0.25) is 0 Å². The van der Waals surface area contributed by atoms with Gasteiger partial charge in [0.2, 0.25) is 0 Å². The van der Waals surface area contributed by atoms with Gasteiger partial charge < -0.3 is 0 Å². The minimum absolute atomic E-state index is 0.472. The van der Waals surface area contributed by atoms with Crippen LogP contribution < -0.4 is 0 Å². The Morgan fingerprint density at radius 3 is 2.50 bits per heavy atom. The van der Waals surface area contributed by atoms with Crippen LogP contribution in [0.4, 0.5) is 4.39 Å². The van der Waals surface area contributed by atoms with Crippen LogP contribution in [-0.2, 0) is 0 Å². The minimum atomic E-state index is -0.472. The zero-order chi connectivity index (χ0) is 5.98. The maximum Gasteiger partial charge on any atom is 0.100 e. The predicted molar refractivity (Wildman–Crippen MR) is 32.5 cm³/mol. The zero-order valence-corrected chi connectivity index (χ0v) is 5.36. The maximum absolute atomic E-state index is 12.4. The van der Waals surface area contributed by atoms with Gasteiger partial charge in [-0.1, -0.05) is 13.3 Å². The SMILES string of the molecule is CCC1CCC(F)C1. The topological polar surface area (TPSA) is 0 Å². The van der Waals surface area contributed by atoms with Crippen LogP contribution in [0.15, 0.2) is 0 Å². The van der Waals surface area contributed by atoms with Gasteiger partial charge in [-0.2, -0.15) is 0 Å². The van der Waals surface area contributed by atoms with E-state index in [9.17, 15) is 4.39 Å². The molecule has 0 bridgehead atoms. The molecule has 0 aromatic heterocycles. The molecule has 2 unspecified atom stereocenters. The highest BCUT2D eigenvalue weighted by atomic mass is 19.1. The third-order valence-corrected chi connectivity index (χ3v) is 2.05. The summed E-state index contributed by atoms with van der Waals surface area (Å²) in [7, 11) is 0. The molecule has 1 aliphatic rings. The zero-order valence-electron chi connectivity index (χ0n) is 5.36. The van der Waals surface area contributed by atoms with E-state index in [0.29, 0.717) is 5.92 Å². The highest BCUT2D eigenvalue weighted by Crippen LogP contribution is 2.29. The third-order valence-electron chi connectivity index (χ3n) is 2.05. The molecule has 1 saturated carbocycles. The molecule has 1 rings (SSSR count). The summed E-state index contributed by atoms with van der Waals surface area (Å²) in [5, 5.41) is 0. The Labute approximate surface area is 50.1 Å². The summed E-state index contributed by atoms with van der Waals surface area (Å²) in [6.45, 7) is 2.14. The fraction of sp³-hybridized carbons (Fsp3) is 1.00. The van der Waals surface area contributed by atoms with E-state index >= 15 is 0 Å². The Balaban J connectivity index is 2.22. The molecular formula is C7H13F. The number of rotatable bonds is 1. The van der Waals surface area contributed by atoms with Gasteiger partial charge in [0.15, 0.2) is 0 Å². The fourth-order valence-electron chi connectivity index (χ4n) is 1.38. The van der Waals surface area contributed by atoms with Crippen molar-refractivity contribution in [2.75, 3.05) is 0 Å². The molecule has 0 spiro atoms. The molecule has 1 aliphatic carbocycles. The summed E-state index contributed by atoms with van der Waals surface area (Å²) in [6, 6.07) is 0. The van der Waals surface area contributed by atoms with Crippen molar-refractivity contribution in [2.45, 2.75) is 38.8 Å². The Morgan fingerprint density at radius 1 is 1.50 bits per heavy atom. The van der Waals surface area contributed by atoms with Crippen molar-refractivity contribution >= 4 is 0 Å². The van der Waals surface area contributed by atoms with Crippen LogP contribution in [0.25, 0.3) is 0 Å². The average Bonchev–Trinajstić information content (AvgIpc) is 2.14. The second-order valence-electron chi connectivity index (χ2n) is 2.68. The van der Waals surface area contributed by atoms with Gasteiger partial charge in [-0.05, 0) is 25.2 Å². The Hall–Kier alpha value is -0.0700. The van der Waals surface area contributed by atoms with Crippen molar-refractivity contribution in [3.05, 3.63) is 0 Å². The minimum Gasteiger partial charge on any atom is -0.247 e. The number of hydrogen-bond donors (Lipinski definition) is 0. The lowest BCUT2D eigenvalue weighted by Gasteiger charge is -2.00. The van der Waals surface area contributed by atoms with Gasteiger partial charge in [0.25, 0.3) is 0 Å². The second kappa shape index (κ2) is 2.47. The first kappa shape index (κ1) is 6.06. The Kier molecular flexibility index (Phi) is 1.87. The van der Waals surface area contributed by atoms with Crippen molar-refractivity contribution in [1.82, 2.24) is 0 Å². The average molecular weight is 116 g/mol. The van der Waals surface area contributed by atoms with Crippen molar-refractivity contribution in [2.24, 2.45) is 5.92 Å². The normalized spacial score (nSPS) is 38.2. The van der Waals surface area contributed by atoms with E-state index in [-0.39, 0.29) is 0 Å². The molecule has 0 saturated heterocycles. The summed E-state index contributed by atoms with van der Waals surface area (Å²) in [4.78, 5) is 0. The molecule has 1 fully saturated rings. The van der Waals surface area contributed by atoms with Gasteiger partial charge in [0, 0.05) is 0 Å². The lowest BCUT2D eigenvalue weighted by molar-refractivity contribution is 0.329. The van der Waals surface area contributed by atoms with Crippen molar-refractivity contribution in [1.29, 1.82) is 0 Å². The monoisotopic (exact) mass is 116 g/mol. The summed E-state index contributed by atoms with van der Waals surface area (Å²) in [5.74, 6) is 0.699. The maximum atomic E-state index is 12.4. The molecule has 0 radical (unpaired) electrons. The number of alkyl halides is 1. The Morgan fingerprint density at radius 2 is 2.25 bits per heavy atom. The van der Waals surface area contributed by atoms with Gasteiger partial charge in [-0.25, -0.2) is 4.39 Å². The van der Waals surface area contributed by atoms with E-state index in [2.05, 4.69) is 6.92 Å². The van der Waals surface area contributed by atoms with E-state index in [1.807, 2.05) is 0 Å². The molecule has 0 aliphatic heterocycles. The molecule has 8 heavy (non-hydrogen) atoms. The fourth-order valence-corrected chi connectivity index (χ4v) is 1.38. The lowest BCUT2D eigenvalue weighted by atomic mass is 10.1. The third kappa shape index (κ3) is 1.21. The predicted octanol–water partition coefficient (Wildman–Crippen LogP) is 2.53. The van der Waals surface area contributed by atoms with Crippen LogP contribution in [-0.4, -0.2) is 6.17 Å². The molecule has 1 heteroatoms. The Bertz CT molecular complexity index is 70.8.